The molecule has 2 rings (SSSR count). The molecule has 0 amide bonds. The van der Waals surface area contributed by atoms with Crippen LogP contribution >= 0.6 is 15.9 Å². The molecule has 14 heavy (non-hydrogen) atoms. The molecule has 2 aromatic rings. The van der Waals surface area contributed by atoms with E-state index in [0.29, 0.717) is 4.60 Å². The Balaban J connectivity index is 2.64. The SMILES string of the molecule is O=c1c(Br)nccn1-c1ccccc1. The number of rotatable bonds is 1. The van der Waals surface area contributed by atoms with Gasteiger partial charge in [-0.2, -0.15) is 0 Å². The van der Waals surface area contributed by atoms with E-state index in [2.05, 4.69) is 20.9 Å². The fraction of sp³-hybridized carbons (Fsp3) is 0. The predicted molar refractivity (Wildman–Crippen MR) is 57.5 cm³/mol. The fourth-order valence-electron chi connectivity index (χ4n) is 1.18. The van der Waals surface area contributed by atoms with Crippen molar-refractivity contribution in [2.45, 2.75) is 0 Å². The van der Waals surface area contributed by atoms with Crippen LogP contribution in [0.15, 0.2) is 52.1 Å². The summed E-state index contributed by atoms with van der Waals surface area (Å²) in [7, 11) is 0. The minimum Gasteiger partial charge on any atom is -0.280 e. The van der Waals surface area contributed by atoms with E-state index in [9.17, 15) is 4.79 Å². The van der Waals surface area contributed by atoms with E-state index in [1.807, 2.05) is 30.3 Å². The van der Waals surface area contributed by atoms with E-state index in [1.54, 1.807) is 12.4 Å². The molecule has 0 aliphatic rings. The molecule has 70 valence electrons. The van der Waals surface area contributed by atoms with Crippen molar-refractivity contribution < 1.29 is 0 Å². The molecule has 0 N–H and O–H groups in total. The second kappa shape index (κ2) is 3.75. The first-order valence-electron chi connectivity index (χ1n) is 4.07. The molecule has 1 heterocycles. The molecule has 0 saturated heterocycles. The van der Waals surface area contributed by atoms with Crippen LogP contribution in [0.2, 0.25) is 0 Å². The van der Waals surface area contributed by atoms with Crippen molar-refractivity contribution in [2.24, 2.45) is 0 Å². The standard InChI is InChI=1S/C10H7BrN2O/c11-9-10(14)13(7-6-12-9)8-4-2-1-3-5-8/h1-7H. The van der Waals surface area contributed by atoms with Crippen LogP contribution in [0.4, 0.5) is 0 Å². The molecule has 0 bridgehead atoms. The van der Waals surface area contributed by atoms with Gasteiger partial charge >= 0.3 is 0 Å². The molecule has 0 saturated carbocycles. The van der Waals surface area contributed by atoms with Crippen molar-refractivity contribution in [1.82, 2.24) is 9.55 Å². The zero-order chi connectivity index (χ0) is 9.97. The van der Waals surface area contributed by atoms with Crippen LogP contribution in [-0.4, -0.2) is 9.55 Å². The summed E-state index contributed by atoms with van der Waals surface area (Å²) in [6.45, 7) is 0. The molecule has 0 aliphatic heterocycles. The van der Waals surface area contributed by atoms with Crippen molar-refractivity contribution >= 4 is 15.9 Å². The maximum absolute atomic E-state index is 11.6. The van der Waals surface area contributed by atoms with Gasteiger partial charge in [0, 0.05) is 18.1 Å². The average molecular weight is 251 g/mol. The summed E-state index contributed by atoms with van der Waals surface area (Å²) in [4.78, 5) is 15.5. The average Bonchev–Trinajstić information content (AvgIpc) is 2.23. The van der Waals surface area contributed by atoms with Crippen molar-refractivity contribution in [3.8, 4) is 5.69 Å². The molecule has 4 heteroatoms. The minimum absolute atomic E-state index is 0.154. The molecule has 0 fully saturated rings. The lowest BCUT2D eigenvalue weighted by molar-refractivity contribution is 0.939. The first-order chi connectivity index (χ1) is 6.79. The van der Waals surface area contributed by atoms with Crippen LogP contribution in [0.5, 0.6) is 0 Å². The van der Waals surface area contributed by atoms with Crippen molar-refractivity contribution in [3.63, 3.8) is 0 Å². The number of halogens is 1. The third-order valence-electron chi connectivity index (χ3n) is 1.83. The number of aromatic nitrogens is 2. The zero-order valence-electron chi connectivity index (χ0n) is 7.22. The highest BCUT2D eigenvalue weighted by atomic mass is 79.9. The molecule has 3 nitrogen and oxygen atoms in total. The predicted octanol–water partition coefficient (Wildman–Crippen LogP) is 1.99. The molecule has 0 spiro atoms. The summed E-state index contributed by atoms with van der Waals surface area (Å²) < 4.78 is 1.86. The lowest BCUT2D eigenvalue weighted by Gasteiger charge is -2.03. The highest BCUT2D eigenvalue weighted by Gasteiger charge is 2.01. The van der Waals surface area contributed by atoms with Crippen molar-refractivity contribution in [1.29, 1.82) is 0 Å². The molecular weight excluding hydrogens is 244 g/mol. The smallest absolute Gasteiger partial charge is 0.280 e. The topological polar surface area (TPSA) is 34.9 Å². The highest BCUT2D eigenvalue weighted by Crippen LogP contribution is 2.04. The van der Waals surface area contributed by atoms with Crippen LogP contribution in [0.25, 0.3) is 5.69 Å². The van der Waals surface area contributed by atoms with Crippen LogP contribution in [0, 0.1) is 0 Å². The second-order valence-corrected chi connectivity index (χ2v) is 3.48. The highest BCUT2D eigenvalue weighted by molar-refractivity contribution is 9.10. The van der Waals surface area contributed by atoms with Gasteiger partial charge in [0.05, 0.1) is 0 Å². The van der Waals surface area contributed by atoms with Gasteiger partial charge in [-0.25, -0.2) is 4.98 Å². The van der Waals surface area contributed by atoms with Crippen molar-refractivity contribution in [3.05, 3.63) is 57.7 Å². The summed E-state index contributed by atoms with van der Waals surface area (Å²) >= 11 is 3.10. The van der Waals surface area contributed by atoms with E-state index in [1.165, 1.54) is 4.57 Å². The largest absolute Gasteiger partial charge is 0.288 e. The Hall–Kier alpha value is -1.42. The van der Waals surface area contributed by atoms with Gasteiger partial charge in [0.15, 0.2) is 4.60 Å². The molecule has 0 atom stereocenters. The van der Waals surface area contributed by atoms with E-state index >= 15 is 0 Å². The third-order valence-corrected chi connectivity index (χ3v) is 2.38. The van der Waals surface area contributed by atoms with Gasteiger partial charge in [0.25, 0.3) is 5.56 Å². The number of hydrogen-bond acceptors (Lipinski definition) is 2. The number of benzene rings is 1. The first-order valence-corrected chi connectivity index (χ1v) is 4.87. The molecule has 0 unspecified atom stereocenters. The Labute approximate surface area is 89.2 Å². The maximum Gasteiger partial charge on any atom is 0.288 e. The normalized spacial score (nSPS) is 10.1. The lowest BCUT2D eigenvalue weighted by atomic mass is 10.3. The molecular formula is C10H7BrN2O. The van der Waals surface area contributed by atoms with Gasteiger partial charge in [0.2, 0.25) is 0 Å². The minimum atomic E-state index is -0.154. The monoisotopic (exact) mass is 250 g/mol. The zero-order valence-corrected chi connectivity index (χ0v) is 8.81. The Bertz CT molecular complexity index is 493. The van der Waals surface area contributed by atoms with Gasteiger partial charge in [-0.1, -0.05) is 18.2 Å². The van der Waals surface area contributed by atoms with Crippen LogP contribution in [0.3, 0.4) is 0 Å². The van der Waals surface area contributed by atoms with Gasteiger partial charge in [-0.05, 0) is 28.1 Å². The fourth-order valence-corrected chi connectivity index (χ4v) is 1.49. The number of hydrogen-bond donors (Lipinski definition) is 0. The van der Waals surface area contributed by atoms with Gasteiger partial charge in [-0.15, -0.1) is 0 Å². The summed E-state index contributed by atoms with van der Waals surface area (Å²) in [5.41, 5.74) is 0.680. The number of para-hydroxylation sites is 1. The molecule has 0 radical (unpaired) electrons. The summed E-state index contributed by atoms with van der Waals surface area (Å²) in [6.07, 6.45) is 3.22. The molecule has 1 aromatic carbocycles. The summed E-state index contributed by atoms with van der Waals surface area (Å²) in [6, 6.07) is 9.42. The van der Waals surface area contributed by atoms with Crippen LogP contribution in [0.1, 0.15) is 0 Å². The first kappa shape index (κ1) is 9.15. The lowest BCUT2D eigenvalue weighted by Crippen LogP contribution is -2.18. The van der Waals surface area contributed by atoms with Gasteiger partial charge in [-0.3, -0.25) is 9.36 Å². The maximum atomic E-state index is 11.6. The van der Waals surface area contributed by atoms with E-state index in [4.69, 9.17) is 0 Å². The summed E-state index contributed by atoms with van der Waals surface area (Å²) in [5.74, 6) is 0. The van der Waals surface area contributed by atoms with Gasteiger partial charge in [0.1, 0.15) is 0 Å². The Morgan fingerprint density at radius 3 is 2.64 bits per heavy atom. The van der Waals surface area contributed by atoms with E-state index in [-0.39, 0.29) is 5.56 Å². The van der Waals surface area contributed by atoms with Gasteiger partial charge < -0.3 is 0 Å². The van der Waals surface area contributed by atoms with E-state index < -0.39 is 0 Å². The van der Waals surface area contributed by atoms with E-state index in [0.717, 1.165) is 5.69 Å². The molecule has 1 aromatic heterocycles. The number of nitrogens with zero attached hydrogens (tertiary/aromatic N) is 2. The molecule has 0 aliphatic carbocycles. The third kappa shape index (κ3) is 1.61. The Kier molecular flexibility index (Phi) is 2.45. The van der Waals surface area contributed by atoms with Crippen molar-refractivity contribution in [2.75, 3.05) is 0 Å². The quantitative estimate of drug-likeness (QED) is 0.776. The Morgan fingerprint density at radius 1 is 1.21 bits per heavy atom. The summed E-state index contributed by atoms with van der Waals surface area (Å²) in [5, 5.41) is 0. The Morgan fingerprint density at radius 2 is 1.93 bits per heavy atom. The van der Waals surface area contributed by atoms with Crippen LogP contribution in [-0.2, 0) is 0 Å². The second-order valence-electron chi connectivity index (χ2n) is 2.73. The van der Waals surface area contributed by atoms with Crippen LogP contribution < -0.4 is 5.56 Å².